The molecule has 0 rings (SSSR count). The van der Waals surface area contributed by atoms with Crippen molar-refractivity contribution < 1.29 is 5.48 Å². The van der Waals surface area contributed by atoms with Crippen LogP contribution in [-0.4, -0.2) is 24.3 Å². The van der Waals surface area contributed by atoms with Crippen LogP contribution in [0.2, 0.25) is 19.5 Å². The second-order valence-electron chi connectivity index (χ2n) is 3.00. The standard InChI is InChI=1S/4CH3.H2O.Sb.H/h4*1H3;1H2;;/p-1. The van der Waals surface area contributed by atoms with E-state index in [4.69, 9.17) is 0 Å². The number of hydrogen-bond acceptors (Lipinski definition) is 1. The van der Waals surface area contributed by atoms with Gasteiger partial charge in [0.25, 0.3) is 0 Å². The van der Waals surface area contributed by atoms with Crippen LogP contribution in [-0.2, 0) is 0 Å². The molecule has 0 bridgehead atoms. The SMILES string of the molecule is [CH3][SbH]([CH3])([CH3])[CH3].[OH-]. The molecule has 6 heavy (non-hydrogen) atoms. The Labute approximate surface area is 44.1 Å². The summed E-state index contributed by atoms with van der Waals surface area (Å²) < 4.78 is 0. The average molecular weight is 200 g/mol. The summed E-state index contributed by atoms with van der Waals surface area (Å²) in [4.78, 5) is 9.59. The van der Waals surface area contributed by atoms with Crippen LogP contribution in [0.5, 0.6) is 0 Å². The number of rotatable bonds is 0. The van der Waals surface area contributed by atoms with E-state index in [1.807, 2.05) is 0 Å². The maximum absolute atomic E-state index is 2.40. The maximum atomic E-state index is 2.40. The topological polar surface area (TPSA) is 30.0 Å². The van der Waals surface area contributed by atoms with Gasteiger partial charge in [-0.15, -0.1) is 0 Å². The molecular weight excluding hydrogens is 186 g/mol. The molecule has 0 unspecified atom stereocenters. The van der Waals surface area contributed by atoms with Crippen LogP contribution in [0.25, 0.3) is 0 Å². The Kier molecular flexibility index (Phi) is 4.74. The quantitative estimate of drug-likeness (QED) is 0.545. The van der Waals surface area contributed by atoms with Crippen molar-refractivity contribution in [2.75, 3.05) is 0 Å². The molecule has 0 atom stereocenters. The van der Waals surface area contributed by atoms with Gasteiger partial charge >= 0.3 is 38.3 Å². The first-order valence-corrected chi connectivity index (χ1v) is 13.4. The van der Waals surface area contributed by atoms with E-state index in [-0.39, 0.29) is 5.48 Å². The van der Waals surface area contributed by atoms with Gasteiger partial charge in [0.05, 0.1) is 0 Å². The molecule has 42 valence electrons. The molecule has 0 spiro atoms. The van der Waals surface area contributed by atoms with Crippen LogP contribution < -0.4 is 0 Å². The summed E-state index contributed by atoms with van der Waals surface area (Å²) in [5.74, 6) is 0. The third-order valence-electron chi connectivity index (χ3n) is 0. The third kappa shape index (κ3) is 113. The van der Waals surface area contributed by atoms with E-state index in [1.54, 1.807) is 0 Å². The molecule has 1 N–H and O–H groups in total. The van der Waals surface area contributed by atoms with Crippen LogP contribution in [0.4, 0.5) is 0 Å². The van der Waals surface area contributed by atoms with Crippen molar-refractivity contribution in [3.8, 4) is 0 Å². The molecule has 0 aromatic heterocycles. The van der Waals surface area contributed by atoms with Crippen molar-refractivity contribution >= 4 is 18.8 Å². The van der Waals surface area contributed by atoms with Gasteiger partial charge in [0.1, 0.15) is 0 Å². The van der Waals surface area contributed by atoms with Crippen LogP contribution in [0.1, 0.15) is 0 Å². The minimum Gasteiger partial charge on any atom is -0.870 e. The molecule has 1 nitrogen and oxygen atoms in total. The second kappa shape index (κ2) is 2.87. The first-order chi connectivity index (χ1) is 2.00. The van der Waals surface area contributed by atoms with E-state index >= 15 is 0 Å². The largest absolute Gasteiger partial charge is 0.870 e. The van der Waals surface area contributed by atoms with Crippen molar-refractivity contribution in [3.63, 3.8) is 0 Å². The summed E-state index contributed by atoms with van der Waals surface area (Å²) in [5.41, 5.74) is 0. The zero-order valence-corrected chi connectivity index (χ0v) is 7.80. The minimum atomic E-state index is -1.18. The van der Waals surface area contributed by atoms with E-state index < -0.39 is 18.8 Å². The first kappa shape index (κ1) is 9.91. The molecular formula is C4H14OSb-. The smallest absolute Gasteiger partial charge is 0.870 e. The zero-order valence-electron chi connectivity index (χ0n) is 4.95. The first-order valence-electron chi connectivity index (χ1n) is 2.00. The maximum Gasteiger partial charge on any atom is -0.870 e. The molecule has 0 saturated carbocycles. The summed E-state index contributed by atoms with van der Waals surface area (Å²) in [6, 6.07) is 0. The molecule has 0 fully saturated rings. The normalized spacial score (nSPS) is 12.7. The molecule has 0 radical (unpaired) electrons. The van der Waals surface area contributed by atoms with E-state index in [1.165, 1.54) is 0 Å². The Morgan fingerprint density at radius 2 is 0.833 bits per heavy atom. The van der Waals surface area contributed by atoms with Crippen molar-refractivity contribution in [3.05, 3.63) is 0 Å². The average Bonchev–Trinajstić information content (AvgIpc) is 0.722. The summed E-state index contributed by atoms with van der Waals surface area (Å²) in [7, 11) is 0. The van der Waals surface area contributed by atoms with Gasteiger partial charge in [0.2, 0.25) is 0 Å². The summed E-state index contributed by atoms with van der Waals surface area (Å²) >= 11 is -1.18. The monoisotopic (exact) mass is 199 g/mol. The fourth-order valence-electron chi connectivity index (χ4n) is 0. The van der Waals surface area contributed by atoms with Gasteiger partial charge in [0, 0.05) is 0 Å². The Balaban J connectivity index is 0. The van der Waals surface area contributed by atoms with Gasteiger partial charge < -0.3 is 5.48 Å². The Bertz CT molecular complexity index is 23.0. The van der Waals surface area contributed by atoms with Gasteiger partial charge in [0.15, 0.2) is 0 Å². The van der Waals surface area contributed by atoms with Crippen LogP contribution in [0.3, 0.4) is 0 Å². The van der Waals surface area contributed by atoms with Crippen molar-refractivity contribution in [1.82, 2.24) is 0 Å². The molecule has 0 saturated heterocycles. The molecule has 0 aliphatic carbocycles. The zero-order chi connectivity index (χ0) is 4.50. The Morgan fingerprint density at radius 3 is 0.833 bits per heavy atom. The van der Waals surface area contributed by atoms with E-state index in [0.717, 1.165) is 0 Å². The summed E-state index contributed by atoms with van der Waals surface area (Å²) in [5, 5.41) is 0. The molecule has 2 heteroatoms. The summed E-state index contributed by atoms with van der Waals surface area (Å²) in [6.45, 7) is 0. The fourth-order valence-corrected chi connectivity index (χ4v) is 0. The van der Waals surface area contributed by atoms with Gasteiger partial charge in [-0.1, -0.05) is 0 Å². The fraction of sp³-hybridized carbons (Fsp3) is 1.00. The molecule has 0 aliphatic rings. The Hall–Kier alpha value is 0.778. The molecule has 0 aromatic carbocycles. The van der Waals surface area contributed by atoms with Gasteiger partial charge in [-0.3, -0.25) is 0 Å². The second-order valence-corrected chi connectivity index (χ2v) is 20.1. The molecule has 0 aliphatic heterocycles. The molecule has 0 heterocycles. The molecule has 0 amide bonds. The van der Waals surface area contributed by atoms with Gasteiger partial charge in [-0.25, -0.2) is 0 Å². The van der Waals surface area contributed by atoms with Crippen LogP contribution in [0, 0.1) is 0 Å². The van der Waals surface area contributed by atoms with Crippen LogP contribution >= 0.6 is 0 Å². The van der Waals surface area contributed by atoms with Gasteiger partial charge in [-0.05, 0) is 0 Å². The predicted octanol–water partition coefficient (Wildman–Crippen LogP) is 1.51. The number of hydrogen-bond donors (Lipinski definition) is 0. The van der Waals surface area contributed by atoms with Crippen molar-refractivity contribution in [2.45, 2.75) is 19.5 Å². The van der Waals surface area contributed by atoms with E-state index in [9.17, 15) is 0 Å². The predicted molar refractivity (Wildman–Crippen MR) is 32.5 cm³/mol. The van der Waals surface area contributed by atoms with E-state index in [2.05, 4.69) is 19.5 Å². The van der Waals surface area contributed by atoms with Crippen molar-refractivity contribution in [2.24, 2.45) is 0 Å². The third-order valence-corrected chi connectivity index (χ3v) is 0. The Morgan fingerprint density at radius 1 is 0.833 bits per heavy atom. The molecule has 0 aromatic rings. The summed E-state index contributed by atoms with van der Waals surface area (Å²) in [6.07, 6.45) is 0. The van der Waals surface area contributed by atoms with Crippen molar-refractivity contribution in [1.29, 1.82) is 0 Å². The minimum absolute atomic E-state index is 0. The van der Waals surface area contributed by atoms with Crippen LogP contribution in [0.15, 0.2) is 0 Å². The van der Waals surface area contributed by atoms with E-state index in [0.29, 0.717) is 0 Å². The van der Waals surface area contributed by atoms with Gasteiger partial charge in [-0.2, -0.15) is 0 Å².